The number of anilines is 2. The van der Waals surface area contributed by atoms with Crippen molar-refractivity contribution in [2.75, 3.05) is 17.2 Å². The summed E-state index contributed by atoms with van der Waals surface area (Å²) in [5.74, 6) is -0.584. The van der Waals surface area contributed by atoms with Crippen molar-refractivity contribution in [2.24, 2.45) is 0 Å². The van der Waals surface area contributed by atoms with E-state index in [0.29, 0.717) is 11.4 Å². The molecule has 0 heterocycles. The molecule has 0 fully saturated rings. The Balaban J connectivity index is 1.50. The molecule has 0 aromatic heterocycles. The van der Waals surface area contributed by atoms with Crippen LogP contribution in [0.15, 0.2) is 78.9 Å². The summed E-state index contributed by atoms with van der Waals surface area (Å²) >= 11 is 0. The molecule has 0 unspecified atom stereocenters. The van der Waals surface area contributed by atoms with E-state index in [2.05, 4.69) is 10.6 Å². The average molecular weight is 405 g/mol. The van der Waals surface area contributed by atoms with E-state index in [1.54, 1.807) is 30.3 Å². The molecule has 0 saturated carbocycles. The molecule has 152 valence electrons. The molecule has 2 N–H and O–H groups in total. The minimum absolute atomic E-state index is 0.0223. The average Bonchev–Trinajstić information content (AvgIpc) is 2.74. The zero-order chi connectivity index (χ0) is 21.3. The summed E-state index contributed by atoms with van der Waals surface area (Å²) < 4.78 is 5.25. The van der Waals surface area contributed by atoms with Crippen LogP contribution in [-0.4, -0.2) is 23.3 Å². The van der Waals surface area contributed by atoms with Gasteiger partial charge in [-0.1, -0.05) is 42.5 Å². The normalized spacial score (nSPS) is 10.1. The number of nitro groups is 1. The quantitative estimate of drug-likeness (QED) is 0.438. The van der Waals surface area contributed by atoms with Crippen molar-refractivity contribution >= 4 is 28.9 Å². The highest BCUT2D eigenvalue weighted by Gasteiger charge is 2.15. The fraction of sp³-hybridized carbons (Fsp3) is 0.0909. The Morgan fingerprint density at radius 1 is 0.800 bits per heavy atom. The van der Waals surface area contributed by atoms with E-state index in [4.69, 9.17) is 4.74 Å². The first-order chi connectivity index (χ1) is 14.5. The fourth-order valence-electron chi connectivity index (χ4n) is 2.69. The number of benzene rings is 3. The molecule has 0 aliphatic rings. The van der Waals surface area contributed by atoms with Gasteiger partial charge in [-0.05, 0) is 35.9 Å². The van der Waals surface area contributed by atoms with E-state index in [-0.39, 0.29) is 30.4 Å². The summed E-state index contributed by atoms with van der Waals surface area (Å²) in [6, 6.07) is 21.9. The molecule has 0 atom stereocenters. The van der Waals surface area contributed by atoms with Crippen LogP contribution in [0, 0.1) is 10.1 Å². The number of hydrogen-bond acceptors (Lipinski definition) is 5. The zero-order valence-corrected chi connectivity index (χ0v) is 15.9. The van der Waals surface area contributed by atoms with Crippen LogP contribution >= 0.6 is 0 Å². The highest BCUT2D eigenvalue weighted by Crippen LogP contribution is 2.25. The van der Waals surface area contributed by atoms with Gasteiger partial charge in [0.1, 0.15) is 0 Å². The Morgan fingerprint density at radius 2 is 1.37 bits per heavy atom. The molecule has 0 aliphatic heterocycles. The number of rotatable bonds is 8. The third kappa shape index (κ3) is 5.90. The Kier molecular flexibility index (Phi) is 6.73. The molecule has 0 aliphatic carbocycles. The van der Waals surface area contributed by atoms with Crippen molar-refractivity contribution in [1.29, 1.82) is 0 Å². The molecule has 3 aromatic carbocycles. The van der Waals surface area contributed by atoms with Crippen molar-refractivity contribution in [3.8, 4) is 5.75 Å². The van der Waals surface area contributed by atoms with Crippen LogP contribution in [0.5, 0.6) is 5.75 Å². The van der Waals surface area contributed by atoms with E-state index in [9.17, 15) is 19.7 Å². The molecule has 30 heavy (non-hydrogen) atoms. The summed E-state index contributed by atoms with van der Waals surface area (Å²) in [5.41, 5.74) is 1.82. The second-order valence-corrected chi connectivity index (χ2v) is 6.35. The van der Waals surface area contributed by atoms with E-state index in [1.807, 2.05) is 30.3 Å². The number of amides is 2. The minimum Gasteiger partial charge on any atom is -0.477 e. The number of hydrogen-bond donors (Lipinski definition) is 2. The standard InChI is InChI=1S/C22H19N3O5/c26-21(14-16-6-2-1-3-7-16)23-17-10-12-18(13-11-17)24-22(27)15-30-20-9-5-4-8-19(20)25(28)29/h1-13H,14-15H2,(H,23,26)(H,24,27). The monoisotopic (exact) mass is 405 g/mol. The largest absolute Gasteiger partial charge is 0.477 e. The van der Waals surface area contributed by atoms with Gasteiger partial charge in [-0.15, -0.1) is 0 Å². The van der Waals surface area contributed by atoms with Gasteiger partial charge in [-0.25, -0.2) is 0 Å². The third-order valence-electron chi connectivity index (χ3n) is 4.08. The second kappa shape index (κ2) is 9.83. The molecule has 0 radical (unpaired) electrons. The van der Waals surface area contributed by atoms with Crippen molar-refractivity contribution in [3.63, 3.8) is 0 Å². The van der Waals surface area contributed by atoms with E-state index in [0.717, 1.165) is 5.56 Å². The Morgan fingerprint density at radius 3 is 2.00 bits per heavy atom. The fourth-order valence-corrected chi connectivity index (χ4v) is 2.69. The summed E-state index contributed by atoms with van der Waals surface area (Å²) in [4.78, 5) is 34.5. The van der Waals surface area contributed by atoms with Crippen LogP contribution in [0.3, 0.4) is 0 Å². The Hall–Kier alpha value is -4.20. The molecule has 0 spiro atoms. The maximum absolute atomic E-state index is 12.1. The molecular formula is C22H19N3O5. The van der Waals surface area contributed by atoms with Gasteiger partial charge in [-0.2, -0.15) is 0 Å². The first kappa shape index (κ1) is 20.5. The number of carbonyl (C=O) groups is 2. The summed E-state index contributed by atoms with van der Waals surface area (Å²) in [6.45, 7) is -0.375. The molecule has 0 saturated heterocycles. The van der Waals surface area contributed by atoms with Crippen LogP contribution in [0.4, 0.5) is 17.1 Å². The number of ether oxygens (including phenoxy) is 1. The molecule has 3 aromatic rings. The van der Waals surface area contributed by atoms with Crippen molar-refractivity contribution in [1.82, 2.24) is 0 Å². The molecular weight excluding hydrogens is 386 g/mol. The van der Waals surface area contributed by atoms with Gasteiger partial charge in [0.2, 0.25) is 5.91 Å². The van der Waals surface area contributed by atoms with Crippen LogP contribution in [0.2, 0.25) is 0 Å². The summed E-state index contributed by atoms with van der Waals surface area (Å²) in [5, 5.41) is 16.4. The number of carbonyl (C=O) groups excluding carboxylic acids is 2. The molecule has 8 nitrogen and oxygen atoms in total. The summed E-state index contributed by atoms with van der Waals surface area (Å²) in [7, 11) is 0. The van der Waals surface area contributed by atoms with Crippen molar-refractivity contribution in [3.05, 3.63) is 94.5 Å². The number of nitrogens with zero attached hydrogens (tertiary/aromatic N) is 1. The SMILES string of the molecule is O=C(COc1ccccc1[N+](=O)[O-])Nc1ccc(NC(=O)Cc2ccccc2)cc1. The van der Waals surface area contributed by atoms with E-state index >= 15 is 0 Å². The Labute approximate surface area is 172 Å². The zero-order valence-electron chi connectivity index (χ0n) is 15.9. The number of para-hydroxylation sites is 2. The van der Waals surface area contributed by atoms with E-state index in [1.165, 1.54) is 18.2 Å². The van der Waals surface area contributed by atoms with Gasteiger partial charge in [0.05, 0.1) is 11.3 Å². The smallest absolute Gasteiger partial charge is 0.310 e. The van der Waals surface area contributed by atoms with Crippen molar-refractivity contribution < 1.29 is 19.2 Å². The predicted molar refractivity (Wildman–Crippen MR) is 112 cm³/mol. The molecule has 2 amide bonds. The maximum atomic E-state index is 12.1. The first-order valence-electron chi connectivity index (χ1n) is 9.11. The van der Waals surface area contributed by atoms with Crippen LogP contribution < -0.4 is 15.4 Å². The topological polar surface area (TPSA) is 111 Å². The third-order valence-corrected chi connectivity index (χ3v) is 4.08. The van der Waals surface area contributed by atoms with Crippen molar-refractivity contribution in [2.45, 2.75) is 6.42 Å². The van der Waals surface area contributed by atoms with Gasteiger partial charge in [0, 0.05) is 17.4 Å². The van der Waals surface area contributed by atoms with Gasteiger partial charge < -0.3 is 15.4 Å². The number of nitro benzene ring substituents is 1. The highest BCUT2D eigenvalue weighted by atomic mass is 16.6. The van der Waals surface area contributed by atoms with Gasteiger partial charge in [-0.3, -0.25) is 19.7 Å². The lowest BCUT2D eigenvalue weighted by Crippen LogP contribution is -2.20. The molecule has 0 bridgehead atoms. The second-order valence-electron chi connectivity index (χ2n) is 6.35. The van der Waals surface area contributed by atoms with Gasteiger partial charge in [0.15, 0.2) is 12.4 Å². The Bertz CT molecular complexity index is 1040. The van der Waals surface area contributed by atoms with Crippen LogP contribution in [0.1, 0.15) is 5.56 Å². The number of nitrogens with one attached hydrogen (secondary N) is 2. The predicted octanol–water partition coefficient (Wildman–Crippen LogP) is 3.79. The lowest BCUT2D eigenvalue weighted by molar-refractivity contribution is -0.385. The molecule has 8 heteroatoms. The van der Waals surface area contributed by atoms with E-state index < -0.39 is 10.8 Å². The lowest BCUT2D eigenvalue weighted by Gasteiger charge is -2.09. The van der Waals surface area contributed by atoms with Crippen LogP contribution in [-0.2, 0) is 16.0 Å². The minimum atomic E-state index is -0.571. The van der Waals surface area contributed by atoms with Gasteiger partial charge >= 0.3 is 5.69 Å². The maximum Gasteiger partial charge on any atom is 0.310 e. The molecule has 3 rings (SSSR count). The van der Waals surface area contributed by atoms with Crippen LogP contribution in [0.25, 0.3) is 0 Å². The van der Waals surface area contributed by atoms with Gasteiger partial charge in [0.25, 0.3) is 5.91 Å². The summed E-state index contributed by atoms with van der Waals surface area (Å²) in [6.07, 6.45) is 0.266. The first-order valence-corrected chi connectivity index (χ1v) is 9.11. The highest BCUT2D eigenvalue weighted by molar-refractivity contribution is 5.94. The lowest BCUT2D eigenvalue weighted by atomic mass is 10.1.